The van der Waals surface area contributed by atoms with Crippen LogP contribution in [0.15, 0.2) is 36.7 Å². The van der Waals surface area contributed by atoms with Crippen LogP contribution >= 0.6 is 0 Å². The van der Waals surface area contributed by atoms with Gasteiger partial charge in [0.2, 0.25) is 11.9 Å². The zero-order valence-corrected chi connectivity index (χ0v) is 17.0. The highest BCUT2D eigenvalue weighted by Crippen LogP contribution is 2.50. The third-order valence-electron chi connectivity index (χ3n) is 5.79. The Morgan fingerprint density at radius 3 is 2.59 bits per heavy atom. The maximum atomic E-state index is 12.6. The molecule has 2 aromatic rings. The summed E-state index contributed by atoms with van der Waals surface area (Å²) in [5.74, 6) is 0.806. The van der Waals surface area contributed by atoms with E-state index in [1.165, 1.54) is 0 Å². The van der Waals surface area contributed by atoms with Gasteiger partial charge in [0.1, 0.15) is 0 Å². The highest BCUT2D eigenvalue weighted by atomic mass is 16.5. The number of hydrogen-bond acceptors (Lipinski definition) is 6. The van der Waals surface area contributed by atoms with Crippen molar-refractivity contribution in [2.75, 3.05) is 16.8 Å². The van der Waals surface area contributed by atoms with E-state index in [-0.39, 0.29) is 29.9 Å². The highest BCUT2D eigenvalue weighted by molar-refractivity contribution is 5.96. The standard InChI is InChI=1S/C22H26N4O3/c1-4-29-21(28)16-8-9-18-17(12-16)19(25-22-23-10-5-11-24-22)13(2)20(15-6-7-15)26(18)14(3)27/h5,8-13,15,19-20H,4,6-7H2,1-3H3,(H,23,24,25)/t13-,19?,20?/m1/s1. The molecule has 0 radical (unpaired) electrons. The highest BCUT2D eigenvalue weighted by Gasteiger charge is 2.47. The summed E-state index contributed by atoms with van der Waals surface area (Å²) in [5, 5.41) is 3.44. The molecule has 1 fully saturated rings. The Labute approximate surface area is 170 Å². The van der Waals surface area contributed by atoms with E-state index in [1.807, 2.05) is 17.0 Å². The van der Waals surface area contributed by atoms with E-state index in [9.17, 15) is 9.59 Å². The number of aromatic nitrogens is 2. The molecule has 1 aromatic carbocycles. The fraction of sp³-hybridized carbons (Fsp3) is 0.455. The first-order valence-electron chi connectivity index (χ1n) is 10.2. The fourth-order valence-corrected chi connectivity index (χ4v) is 4.42. The molecule has 1 N–H and O–H groups in total. The minimum Gasteiger partial charge on any atom is -0.462 e. The van der Waals surface area contributed by atoms with Crippen molar-refractivity contribution in [1.29, 1.82) is 0 Å². The third kappa shape index (κ3) is 3.69. The molecule has 2 heterocycles. The third-order valence-corrected chi connectivity index (χ3v) is 5.79. The predicted octanol–water partition coefficient (Wildman–Crippen LogP) is 3.59. The summed E-state index contributed by atoms with van der Waals surface area (Å²) in [4.78, 5) is 35.5. The van der Waals surface area contributed by atoms with E-state index in [0.717, 1.165) is 24.1 Å². The van der Waals surface area contributed by atoms with Crippen molar-refractivity contribution in [3.8, 4) is 0 Å². The van der Waals surface area contributed by atoms with Gasteiger partial charge in [-0.15, -0.1) is 0 Å². The minimum atomic E-state index is -0.364. The summed E-state index contributed by atoms with van der Waals surface area (Å²) < 4.78 is 5.18. The molecule has 1 aliphatic heterocycles. The smallest absolute Gasteiger partial charge is 0.338 e. The summed E-state index contributed by atoms with van der Waals surface area (Å²) in [6, 6.07) is 7.20. The van der Waals surface area contributed by atoms with Crippen LogP contribution in [0.25, 0.3) is 0 Å². The molecule has 2 unspecified atom stereocenters. The molecule has 7 heteroatoms. The Bertz CT molecular complexity index is 914. The molecule has 3 atom stereocenters. The van der Waals surface area contributed by atoms with Gasteiger partial charge >= 0.3 is 5.97 Å². The maximum Gasteiger partial charge on any atom is 0.338 e. The topological polar surface area (TPSA) is 84.4 Å². The van der Waals surface area contributed by atoms with Gasteiger partial charge in [0.15, 0.2) is 0 Å². The van der Waals surface area contributed by atoms with Crippen molar-refractivity contribution >= 4 is 23.5 Å². The fourth-order valence-electron chi connectivity index (χ4n) is 4.42. The molecule has 0 spiro atoms. The van der Waals surface area contributed by atoms with Crippen molar-refractivity contribution in [1.82, 2.24) is 9.97 Å². The SMILES string of the molecule is CCOC(=O)c1ccc2c(c1)C(Nc1ncccn1)[C@@H](C)C(C1CC1)N2C(C)=O. The van der Waals surface area contributed by atoms with Crippen LogP contribution in [0.2, 0.25) is 0 Å². The molecule has 1 aliphatic carbocycles. The van der Waals surface area contributed by atoms with Gasteiger partial charge in [-0.3, -0.25) is 4.79 Å². The summed E-state index contributed by atoms with van der Waals surface area (Å²) in [5.41, 5.74) is 2.21. The molecule has 1 saturated carbocycles. The number of ether oxygens (including phenoxy) is 1. The van der Waals surface area contributed by atoms with Crippen LogP contribution in [0, 0.1) is 11.8 Å². The Balaban J connectivity index is 1.81. The van der Waals surface area contributed by atoms with Gasteiger partial charge in [0, 0.05) is 37.0 Å². The van der Waals surface area contributed by atoms with E-state index in [4.69, 9.17) is 4.74 Å². The van der Waals surface area contributed by atoms with E-state index in [1.54, 1.807) is 38.4 Å². The number of rotatable bonds is 5. The number of carbonyl (C=O) groups is 2. The first kappa shape index (κ1) is 19.4. The maximum absolute atomic E-state index is 12.6. The van der Waals surface area contributed by atoms with Crippen molar-refractivity contribution in [2.24, 2.45) is 11.8 Å². The number of amides is 1. The molecular weight excluding hydrogens is 368 g/mol. The van der Waals surface area contributed by atoms with Crippen LogP contribution < -0.4 is 10.2 Å². The molecule has 0 saturated heterocycles. The quantitative estimate of drug-likeness (QED) is 0.780. The Kier molecular flexibility index (Phi) is 5.22. The number of nitrogens with one attached hydrogen (secondary N) is 1. The van der Waals surface area contributed by atoms with Gasteiger partial charge in [0.25, 0.3) is 0 Å². The normalized spacial score (nSPS) is 23.3. The van der Waals surface area contributed by atoms with Crippen LogP contribution in [0.4, 0.5) is 11.6 Å². The van der Waals surface area contributed by atoms with Gasteiger partial charge in [-0.25, -0.2) is 14.8 Å². The average Bonchev–Trinajstić information content (AvgIpc) is 3.55. The van der Waals surface area contributed by atoms with Crippen molar-refractivity contribution < 1.29 is 14.3 Å². The lowest BCUT2D eigenvalue weighted by Gasteiger charge is -2.45. The largest absolute Gasteiger partial charge is 0.462 e. The molecule has 1 aromatic heterocycles. The number of nitrogens with zero attached hydrogens (tertiary/aromatic N) is 3. The number of carbonyl (C=O) groups excluding carboxylic acids is 2. The predicted molar refractivity (Wildman–Crippen MR) is 110 cm³/mol. The summed E-state index contributed by atoms with van der Waals surface area (Å²) in [6.07, 6.45) is 5.64. The molecule has 7 nitrogen and oxygen atoms in total. The Morgan fingerprint density at radius 2 is 1.97 bits per heavy atom. The van der Waals surface area contributed by atoms with Crippen LogP contribution in [0.3, 0.4) is 0 Å². The van der Waals surface area contributed by atoms with E-state index < -0.39 is 0 Å². The molecule has 0 bridgehead atoms. The van der Waals surface area contributed by atoms with Crippen molar-refractivity contribution in [2.45, 2.75) is 45.7 Å². The molecule has 4 rings (SSSR count). The number of benzene rings is 1. The van der Waals surface area contributed by atoms with E-state index in [2.05, 4.69) is 22.2 Å². The first-order chi connectivity index (χ1) is 14.0. The molecular formula is C22H26N4O3. The van der Waals surface area contributed by atoms with E-state index >= 15 is 0 Å². The number of fused-ring (bicyclic) bond motifs is 1. The average molecular weight is 394 g/mol. The van der Waals surface area contributed by atoms with Gasteiger partial charge < -0.3 is 15.0 Å². The number of hydrogen-bond donors (Lipinski definition) is 1. The molecule has 1 amide bonds. The molecule has 29 heavy (non-hydrogen) atoms. The van der Waals surface area contributed by atoms with Crippen molar-refractivity contribution in [3.63, 3.8) is 0 Å². The second-order valence-corrected chi connectivity index (χ2v) is 7.76. The van der Waals surface area contributed by atoms with E-state index in [0.29, 0.717) is 24.0 Å². The van der Waals surface area contributed by atoms with Crippen LogP contribution in [0.5, 0.6) is 0 Å². The molecule has 152 valence electrons. The minimum absolute atomic E-state index is 0.0216. The number of anilines is 2. The second-order valence-electron chi connectivity index (χ2n) is 7.76. The zero-order valence-electron chi connectivity index (χ0n) is 17.0. The molecule has 2 aliphatic rings. The lowest BCUT2D eigenvalue weighted by Crippen LogP contribution is -2.51. The van der Waals surface area contributed by atoms with Crippen LogP contribution in [-0.4, -0.2) is 34.5 Å². The summed E-state index contributed by atoms with van der Waals surface area (Å²) >= 11 is 0. The Morgan fingerprint density at radius 1 is 1.24 bits per heavy atom. The van der Waals surface area contributed by atoms with Crippen LogP contribution in [0.1, 0.15) is 55.6 Å². The second kappa shape index (κ2) is 7.81. The van der Waals surface area contributed by atoms with Gasteiger partial charge in [-0.05, 0) is 55.5 Å². The number of esters is 1. The summed E-state index contributed by atoms with van der Waals surface area (Å²) in [6.45, 7) is 5.86. The lowest BCUT2D eigenvalue weighted by molar-refractivity contribution is -0.117. The van der Waals surface area contributed by atoms with Crippen molar-refractivity contribution in [3.05, 3.63) is 47.8 Å². The van der Waals surface area contributed by atoms with Gasteiger partial charge in [0.05, 0.1) is 18.2 Å². The zero-order chi connectivity index (χ0) is 20.5. The lowest BCUT2D eigenvalue weighted by atomic mass is 9.79. The Hall–Kier alpha value is -2.96. The van der Waals surface area contributed by atoms with Crippen LogP contribution in [-0.2, 0) is 9.53 Å². The van der Waals surface area contributed by atoms with Gasteiger partial charge in [-0.2, -0.15) is 0 Å². The monoisotopic (exact) mass is 394 g/mol. The first-order valence-corrected chi connectivity index (χ1v) is 10.2. The summed E-state index contributed by atoms with van der Waals surface area (Å²) in [7, 11) is 0. The van der Waals surface area contributed by atoms with Gasteiger partial charge in [-0.1, -0.05) is 6.92 Å².